The first-order valence-electron chi connectivity index (χ1n) is 7.96. The van der Waals surface area contributed by atoms with Crippen LogP contribution in [-0.2, 0) is 6.42 Å². The first-order chi connectivity index (χ1) is 11.5. The lowest BCUT2D eigenvalue weighted by atomic mass is 10.1. The van der Waals surface area contributed by atoms with Gasteiger partial charge >= 0.3 is 0 Å². The van der Waals surface area contributed by atoms with Crippen LogP contribution in [-0.4, -0.2) is 44.7 Å². The second-order valence-corrected chi connectivity index (χ2v) is 6.66. The highest BCUT2D eigenvalue weighted by Gasteiger charge is 2.27. The van der Waals surface area contributed by atoms with Crippen LogP contribution in [0.2, 0.25) is 10.0 Å². The van der Waals surface area contributed by atoms with Crippen molar-refractivity contribution >= 4 is 41.5 Å². The number of carbonyl (C=O) groups excluding carboxylic acids is 1. The van der Waals surface area contributed by atoms with Crippen LogP contribution in [0.15, 0.2) is 18.2 Å². The normalized spacial score (nSPS) is 17.3. The van der Waals surface area contributed by atoms with Gasteiger partial charge in [-0.3, -0.25) is 4.79 Å². The Labute approximate surface area is 162 Å². The molecular weight excluding hydrogens is 385 g/mol. The van der Waals surface area contributed by atoms with Gasteiger partial charge in [0.2, 0.25) is 5.82 Å². The van der Waals surface area contributed by atoms with Gasteiger partial charge in [0.15, 0.2) is 0 Å². The minimum absolute atomic E-state index is 0. The third kappa shape index (κ3) is 4.08. The average molecular weight is 405 g/mol. The zero-order valence-electron chi connectivity index (χ0n) is 13.8. The van der Waals surface area contributed by atoms with E-state index in [2.05, 4.69) is 10.1 Å². The van der Waals surface area contributed by atoms with Crippen molar-refractivity contribution in [3.63, 3.8) is 0 Å². The summed E-state index contributed by atoms with van der Waals surface area (Å²) in [5.74, 6) is 0.577. The van der Waals surface area contributed by atoms with E-state index >= 15 is 0 Å². The highest BCUT2D eigenvalue weighted by atomic mass is 35.5. The Morgan fingerprint density at radius 1 is 1.36 bits per heavy atom. The number of hydrogen-bond donors (Lipinski definition) is 1. The molecule has 2 heterocycles. The fourth-order valence-electron chi connectivity index (χ4n) is 2.87. The number of hydrogen-bond acceptors (Lipinski definition) is 4. The number of rotatable bonds is 3. The molecule has 0 bridgehead atoms. The molecule has 1 aliphatic heterocycles. The Hall–Kier alpha value is -1.34. The fourth-order valence-corrected chi connectivity index (χ4v) is 3.43. The molecule has 0 spiro atoms. The number of halogens is 3. The molecule has 2 N–H and O–H groups in total. The van der Waals surface area contributed by atoms with E-state index in [1.165, 1.54) is 0 Å². The number of likely N-dealkylation sites (tertiary alicyclic amines) is 1. The van der Waals surface area contributed by atoms with Crippen LogP contribution in [0.5, 0.6) is 0 Å². The predicted octanol–water partition coefficient (Wildman–Crippen LogP) is 3.12. The predicted molar refractivity (Wildman–Crippen MR) is 101 cm³/mol. The summed E-state index contributed by atoms with van der Waals surface area (Å²) in [5.41, 5.74) is 6.50. The van der Waals surface area contributed by atoms with Gasteiger partial charge in [-0.15, -0.1) is 17.5 Å². The van der Waals surface area contributed by atoms with Gasteiger partial charge in [0, 0.05) is 25.6 Å². The third-order valence-corrected chi connectivity index (χ3v) is 4.69. The fraction of sp³-hybridized carbons (Fsp3) is 0.438. The lowest BCUT2D eigenvalue weighted by molar-refractivity contribution is 0.0696. The molecule has 1 fully saturated rings. The molecule has 1 aromatic carbocycles. The number of piperidine rings is 1. The van der Waals surface area contributed by atoms with E-state index in [1.54, 1.807) is 27.8 Å². The Bertz CT molecular complexity index is 744. The summed E-state index contributed by atoms with van der Waals surface area (Å²) >= 11 is 12.5. The number of amides is 1. The maximum atomic E-state index is 12.7. The highest BCUT2D eigenvalue weighted by Crippen LogP contribution is 2.29. The molecule has 0 radical (unpaired) electrons. The summed E-state index contributed by atoms with van der Waals surface area (Å²) in [7, 11) is 0. The van der Waals surface area contributed by atoms with E-state index in [9.17, 15) is 4.79 Å². The zero-order valence-corrected chi connectivity index (χ0v) is 16.1. The van der Waals surface area contributed by atoms with E-state index in [0.717, 1.165) is 12.8 Å². The van der Waals surface area contributed by atoms with Crippen LogP contribution in [0, 0.1) is 0 Å². The molecule has 1 amide bonds. The molecule has 1 aromatic heterocycles. The van der Waals surface area contributed by atoms with Crippen molar-refractivity contribution in [2.75, 3.05) is 13.1 Å². The maximum absolute atomic E-state index is 12.7. The topological polar surface area (TPSA) is 77.0 Å². The van der Waals surface area contributed by atoms with Gasteiger partial charge in [0.05, 0.1) is 10.0 Å². The highest BCUT2D eigenvalue weighted by molar-refractivity contribution is 6.37. The van der Waals surface area contributed by atoms with Crippen molar-refractivity contribution in [2.24, 2.45) is 5.73 Å². The van der Waals surface area contributed by atoms with E-state index in [4.69, 9.17) is 28.9 Å². The molecule has 3 rings (SSSR count). The first-order valence-corrected chi connectivity index (χ1v) is 8.72. The number of carbonyl (C=O) groups is 1. The van der Waals surface area contributed by atoms with Crippen molar-refractivity contribution in [1.29, 1.82) is 0 Å². The van der Waals surface area contributed by atoms with Crippen LogP contribution in [0.4, 0.5) is 0 Å². The van der Waals surface area contributed by atoms with E-state index in [0.29, 0.717) is 41.1 Å². The minimum Gasteiger partial charge on any atom is -0.334 e. The maximum Gasteiger partial charge on any atom is 0.293 e. The summed E-state index contributed by atoms with van der Waals surface area (Å²) in [4.78, 5) is 18.8. The van der Waals surface area contributed by atoms with Gasteiger partial charge in [-0.1, -0.05) is 36.2 Å². The smallest absolute Gasteiger partial charge is 0.293 e. The lowest BCUT2D eigenvalue weighted by Gasteiger charge is -2.29. The summed E-state index contributed by atoms with van der Waals surface area (Å²) in [6.45, 7) is 3.15. The van der Waals surface area contributed by atoms with E-state index in [1.807, 2.05) is 6.92 Å². The molecule has 25 heavy (non-hydrogen) atoms. The van der Waals surface area contributed by atoms with Crippen molar-refractivity contribution in [1.82, 2.24) is 19.7 Å². The standard InChI is InChI=1S/C16H19Cl2N5O.ClH/c1-2-13-20-15(16(24)22-8-4-5-10(19)9-22)21-23(13)14-11(17)6-3-7-12(14)18;/h3,6-7,10H,2,4-5,8-9,19H2,1H3;1H. The van der Waals surface area contributed by atoms with E-state index < -0.39 is 0 Å². The Morgan fingerprint density at radius 3 is 2.64 bits per heavy atom. The molecule has 0 aliphatic carbocycles. The number of para-hydroxylation sites is 1. The van der Waals surface area contributed by atoms with Crippen molar-refractivity contribution in [2.45, 2.75) is 32.2 Å². The minimum atomic E-state index is -0.207. The SMILES string of the molecule is CCc1nc(C(=O)N2CCCC(N)C2)nn1-c1c(Cl)cccc1Cl.Cl. The summed E-state index contributed by atoms with van der Waals surface area (Å²) in [5, 5.41) is 5.30. The zero-order chi connectivity index (χ0) is 17.3. The Balaban J connectivity index is 0.00000225. The second-order valence-electron chi connectivity index (χ2n) is 5.84. The van der Waals surface area contributed by atoms with Crippen LogP contribution in [0.25, 0.3) is 5.69 Å². The Kier molecular flexibility index (Phi) is 6.68. The van der Waals surface area contributed by atoms with Crippen LogP contribution < -0.4 is 5.73 Å². The molecular formula is C16H20Cl3N5O. The molecule has 6 nitrogen and oxygen atoms in total. The van der Waals surface area contributed by atoms with Gasteiger partial charge in [-0.05, 0) is 25.0 Å². The molecule has 0 saturated carbocycles. The Morgan fingerprint density at radius 2 is 2.04 bits per heavy atom. The second kappa shape index (κ2) is 8.36. The number of aryl methyl sites for hydroxylation is 1. The van der Waals surface area contributed by atoms with Crippen LogP contribution >= 0.6 is 35.6 Å². The van der Waals surface area contributed by atoms with Gasteiger partial charge in [0.1, 0.15) is 11.5 Å². The molecule has 1 unspecified atom stereocenters. The van der Waals surface area contributed by atoms with Crippen LogP contribution in [0.1, 0.15) is 36.2 Å². The largest absolute Gasteiger partial charge is 0.334 e. The first kappa shape index (κ1) is 20.0. The van der Waals surface area contributed by atoms with Crippen LogP contribution in [0.3, 0.4) is 0 Å². The molecule has 9 heteroatoms. The molecule has 136 valence electrons. The number of benzene rings is 1. The lowest BCUT2D eigenvalue weighted by Crippen LogP contribution is -2.46. The third-order valence-electron chi connectivity index (χ3n) is 4.08. The van der Waals surface area contributed by atoms with E-state index in [-0.39, 0.29) is 30.2 Å². The molecule has 1 aliphatic rings. The van der Waals surface area contributed by atoms with Gasteiger partial charge in [-0.2, -0.15) is 0 Å². The monoisotopic (exact) mass is 403 g/mol. The van der Waals surface area contributed by atoms with Crippen molar-refractivity contribution in [3.05, 3.63) is 39.9 Å². The number of nitrogens with two attached hydrogens (primary N) is 1. The quantitative estimate of drug-likeness (QED) is 0.852. The number of aromatic nitrogens is 3. The number of nitrogens with zero attached hydrogens (tertiary/aromatic N) is 4. The van der Waals surface area contributed by atoms with Gasteiger partial charge < -0.3 is 10.6 Å². The summed E-state index contributed by atoms with van der Waals surface area (Å²) in [6, 6.07) is 5.23. The molecule has 1 atom stereocenters. The van der Waals surface area contributed by atoms with Gasteiger partial charge in [-0.25, -0.2) is 9.67 Å². The summed E-state index contributed by atoms with van der Waals surface area (Å²) in [6.07, 6.45) is 2.42. The average Bonchev–Trinajstić information content (AvgIpc) is 2.98. The van der Waals surface area contributed by atoms with Gasteiger partial charge in [0.25, 0.3) is 5.91 Å². The molecule has 2 aromatic rings. The molecule has 1 saturated heterocycles. The van der Waals surface area contributed by atoms with Crippen molar-refractivity contribution < 1.29 is 4.79 Å². The summed E-state index contributed by atoms with van der Waals surface area (Å²) < 4.78 is 1.56. The van der Waals surface area contributed by atoms with Crippen molar-refractivity contribution in [3.8, 4) is 5.69 Å².